The van der Waals surface area contributed by atoms with Crippen LogP contribution in [0.1, 0.15) is 11.1 Å². The highest BCUT2D eigenvalue weighted by molar-refractivity contribution is 6.30. The van der Waals surface area contributed by atoms with Crippen LogP contribution < -0.4 is 5.56 Å². The SMILES string of the molecule is O=c1c2ccccc2nc(-c2cccc(C(F)(F)F)c2)n1N=Cc1ccc(Cl)cc1. The van der Waals surface area contributed by atoms with Gasteiger partial charge in [-0.15, -0.1) is 0 Å². The summed E-state index contributed by atoms with van der Waals surface area (Å²) in [6.45, 7) is 0. The molecule has 3 aromatic carbocycles. The largest absolute Gasteiger partial charge is 0.416 e. The molecule has 0 saturated heterocycles. The molecule has 0 saturated carbocycles. The lowest BCUT2D eigenvalue weighted by molar-refractivity contribution is -0.137. The van der Waals surface area contributed by atoms with E-state index in [-0.39, 0.29) is 11.4 Å². The van der Waals surface area contributed by atoms with Gasteiger partial charge in [-0.05, 0) is 42.0 Å². The Morgan fingerprint density at radius 2 is 1.70 bits per heavy atom. The summed E-state index contributed by atoms with van der Waals surface area (Å²) < 4.78 is 40.6. The Balaban J connectivity index is 1.93. The zero-order chi connectivity index (χ0) is 21.3. The average molecular weight is 428 g/mol. The van der Waals surface area contributed by atoms with E-state index in [0.717, 1.165) is 16.8 Å². The molecule has 0 amide bonds. The Hall–Kier alpha value is -3.45. The first-order valence-corrected chi connectivity index (χ1v) is 9.20. The molecule has 1 heterocycles. The zero-order valence-corrected chi connectivity index (χ0v) is 16.0. The van der Waals surface area contributed by atoms with Crippen LogP contribution in [-0.4, -0.2) is 15.9 Å². The standard InChI is InChI=1S/C22H13ClF3N3O/c23-17-10-8-14(9-11-17)13-27-29-20(15-4-3-5-16(12-15)22(24,25)26)28-19-7-2-1-6-18(19)21(29)30/h1-13H. The highest BCUT2D eigenvalue weighted by Crippen LogP contribution is 2.31. The number of hydrogen-bond acceptors (Lipinski definition) is 3. The Kier molecular flexibility index (Phi) is 5.13. The second-order valence-corrected chi connectivity index (χ2v) is 6.88. The summed E-state index contributed by atoms with van der Waals surface area (Å²) in [4.78, 5) is 17.5. The minimum absolute atomic E-state index is 0.00927. The maximum Gasteiger partial charge on any atom is 0.416 e. The van der Waals surface area contributed by atoms with E-state index in [1.807, 2.05) is 0 Å². The fourth-order valence-corrected chi connectivity index (χ4v) is 3.05. The van der Waals surface area contributed by atoms with E-state index in [1.165, 1.54) is 18.3 Å². The molecule has 30 heavy (non-hydrogen) atoms. The molecule has 1 aromatic heterocycles. The number of hydrogen-bond donors (Lipinski definition) is 0. The fourth-order valence-electron chi connectivity index (χ4n) is 2.93. The van der Waals surface area contributed by atoms with Crippen molar-refractivity contribution in [2.45, 2.75) is 6.18 Å². The zero-order valence-electron chi connectivity index (χ0n) is 15.3. The van der Waals surface area contributed by atoms with Gasteiger partial charge >= 0.3 is 6.18 Å². The summed E-state index contributed by atoms with van der Waals surface area (Å²) in [5, 5.41) is 5.07. The van der Waals surface area contributed by atoms with Crippen LogP contribution in [0.5, 0.6) is 0 Å². The first-order chi connectivity index (χ1) is 14.3. The Bertz CT molecular complexity index is 1310. The molecule has 150 valence electrons. The molecule has 0 aliphatic carbocycles. The molecule has 0 unspecified atom stereocenters. The minimum atomic E-state index is -4.52. The van der Waals surface area contributed by atoms with Crippen LogP contribution in [-0.2, 0) is 6.18 Å². The van der Waals surface area contributed by atoms with Gasteiger partial charge in [-0.3, -0.25) is 4.79 Å². The van der Waals surface area contributed by atoms with Gasteiger partial charge in [-0.2, -0.15) is 22.9 Å². The van der Waals surface area contributed by atoms with Gasteiger partial charge in [0.1, 0.15) is 0 Å². The van der Waals surface area contributed by atoms with Crippen LogP contribution in [0.4, 0.5) is 13.2 Å². The Morgan fingerprint density at radius 3 is 2.43 bits per heavy atom. The molecule has 0 radical (unpaired) electrons. The van der Waals surface area contributed by atoms with Gasteiger partial charge < -0.3 is 0 Å². The summed E-state index contributed by atoms with van der Waals surface area (Å²) in [6.07, 6.45) is -3.10. The van der Waals surface area contributed by atoms with E-state index in [0.29, 0.717) is 21.5 Å². The molecule has 0 atom stereocenters. The molecule has 4 nitrogen and oxygen atoms in total. The molecule has 0 bridgehead atoms. The first kappa shape index (κ1) is 19.8. The molecular weight excluding hydrogens is 415 g/mol. The van der Waals surface area contributed by atoms with Gasteiger partial charge in [0.2, 0.25) is 0 Å². The average Bonchev–Trinajstić information content (AvgIpc) is 2.74. The predicted molar refractivity (Wildman–Crippen MR) is 111 cm³/mol. The van der Waals surface area contributed by atoms with Crippen molar-refractivity contribution in [1.29, 1.82) is 0 Å². The molecule has 4 rings (SSSR count). The van der Waals surface area contributed by atoms with Gasteiger partial charge in [0.15, 0.2) is 5.82 Å². The predicted octanol–water partition coefficient (Wildman–Crippen LogP) is 5.62. The normalized spacial score (nSPS) is 12.0. The maximum atomic E-state index is 13.2. The van der Waals surface area contributed by atoms with E-state index in [4.69, 9.17) is 11.6 Å². The van der Waals surface area contributed by atoms with E-state index in [2.05, 4.69) is 10.1 Å². The molecule has 0 fully saturated rings. The van der Waals surface area contributed by atoms with Crippen LogP contribution in [0, 0.1) is 0 Å². The summed E-state index contributed by atoms with van der Waals surface area (Å²) in [6, 6.07) is 18.0. The molecular formula is C22H13ClF3N3O. The number of para-hydroxylation sites is 1. The highest BCUT2D eigenvalue weighted by atomic mass is 35.5. The molecule has 0 spiro atoms. The number of rotatable bonds is 3. The van der Waals surface area contributed by atoms with Gasteiger partial charge in [-0.25, -0.2) is 4.98 Å². The van der Waals surface area contributed by atoms with Crippen molar-refractivity contribution in [3.8, 4) is 11.4 Å². The topological polar surface area (TPSA) is 47.2 Å². The van der Waals surface area contributed by atoms with Crippen molar-refractivity contribution in [3.63, 3.8) is 0 Å². The van der Waals surface area contributed by atoms with Crippen LogP contribution in [0.25, 0.3) is 22.3 Å². The lowest BCUT2D eigenvalue weighted by atomic mass is 10.1. The highest BCUT2D eigenvalue weighted by Gasteiger charge is 2.30. The van der Waals surface area contributed by atoms with E-state index in [9.17, 15) is 18.0 Å². The third-order valence-electron chi connectivity index (χ3n) is 4.39. The van der Waals surface area contributed by atoms with Crippen molar-refractivity contribution >= 4 is 28.7 Å². The molecule has 4 aromatic rings. The van der Waals surface area contributed by atoms with Crippen LogP contribution in [0.2, 0.25) is 5.02 Å². The number of halogens is 4. The Morgan fingerprint density at radius 1 is 0.967 bits per heavy atom. The molecule has 0 aliphatic rings. The molecule has 0 aliphatic heterocycles. The van der Waals surface area contributed by atoms with Crippen LogP contribution in [0.15, 0.2) is 82.7 Å². The van der Waals surface area contributed by atoms with E-state index in [1.54, 1.807) is 48.5 Å². The fraction of sp³-hybridized carbons (Fsp3) is 0.0455. The lowest BCUT2D eigenvalue weighted by Crippen LogP contribution is -2.20. The van der Waals surface area contributed by atoms with Crippen LogP contribution in [0.3, 0.4) is 0 Å². The summed E-state index contributed by atoms with van der Waals surface area (Å²) in [5.74, 6) is 0.00927. The van der Waals surface area contributed by atoms with Crippen LogP contribution >= 0.6 is 11.6 Å². The number of benzene rings is 3. The van der Waals surface area contributed by atoms with Crippen molar-refractivity contribution in [2.75, 3.05) is 0 Å². The number of fused-ring (bicyclic) bond motifs is 1. The third-order valence-corrected chi connectivity index (χ3v) is 4.65. The number of nitrogens with zero attached hydrogens (tertiary/aromatic N) is 3. The summed E-state index contributed by atoms with van der Waals surface area (Å²) in [7, 11) is 0. The number of aromatic nitrogens is 2. The smallest absolute Gasteiger partial charge is 0.267 e. The van der Waals surface area contributed by atoms with E-state index < -0.39 is 17.3 Å². The van der Waals surface area contributed by atoms with Crippen molar-refractivity contribution in [3.05, 3.63) is 99.3 Å². The van der Waals surface area contributed by atoms with Gasteiger partial charge in [0.25, 0.3) is 5.56 Å². The summed E-state index contributed by atoms with van der Waals surface area (Å²) in [5.41, 5.74) is -0.169. The summed E-state index contributed by atoms with van der Waals surface area (Å²) >= 11 is 5.87. The van der Waals surface area contributed by atoms with Crippen molar-refractivity contribution in [1.82, 2.24) is 9.66 Å². The van der Waals surface area contributed by atoms with E-state index >= 15 is 0 Å². The van der Waals surface area contributed by atoms with Gasteiger partial charge in [0, 0.05) is 10.6 Å². The van der Waals surface area contributed by atoms with Gasteiger partial charge in [-0.1, -0.05) is 48.0 Å². The molecule has 0 N–H and O–H groups in total. The first-order valence-electron chi connectivity index (χ1n) is 8.82. The molecule has 8 heteroatoms. The maximum absolute atomic E-state index is 13.2. The Labute approximate surface area is 173 Å². The van der Waals surface area contributed by atoms with Gasteiger partial charge in [0.05, 0.1) is 22.7 Å². The second kappa shape index (κ2) is 7.76. The third kappa shape index (κ3) is 3.97. The van der Waals surface area contributed by atoms with Crippen molar-refractivity contribution < 1.29 is 13.2 Å². The number of alkyl halides is 3. The minimum Gasteiger partial charge on any atom is -0.267 e. The quantitative estimate of drug-likeness (QED) is 0.398. The lowest BCUT2D eigenvalue weighted by Gasteiger charge is -2.12. The van der Waals surface area contributed by atoms with Crippen molar-refractivity contribution in [2.24, 2.45) is 5.10 Å². The monoisotopic (exact) mass is 427 g/mol. The second-order valence-electron chi connectivity index (χ2n) is 6.44.